The molecule has 0 saturated carbocycles. The fourth-order valence-electron chi connectivity index (χ4n) is 3.77. The van der Waals surface area contributed by atoms with Crippen LogP contribution in [0.15, 0.2) is 164 Å². The summed E-state index contributed by atoms with van der Waals surface area (Å²) in [5.74, 6) is 3.71. The molecular weight excluding hydrogens is 616 g/mol. The van der Waals surface area contributed by atoms with Crippen LogP contribution < -0.4 is 14.2 Å². The van der Waals surface area contributed by atoms with Crippen molar-refractivity contribution in [1.29, 1.82) is 0 Å². The molecule has 6 rings (SSSR count). The average molecular weight is 644 g/mol. The van der Waals surface area contributed by atoms with E-state index in [0.717, 1.165) is 0 Å². The van der Waals surface area contributed by atoms with Crippen LogP contribution >= 0.6 is 0 Å². The molecule has 0 fully saturated rings. The Labute approximate surface area is 279 Å². The Hall–Kier alpha value is -5.74. The van der Waals surface area contributed by atoms with Crippen LogP contribution in [-0.2, 0) is 31.7 Å². The Morgan fingerprint density at radius 3 is 0.761 bits per heavy atom. The zero-order chi connectivity index (χ0) is 31.5. The van der Waals surface area contributed by atoms with Crippen molar-refractivity contribution >= 4 is 18.9 Å². The van der Waals surface area contributed by atoms with E-state index in [4.69, 9.17) is 14.2 Å². The molecule has 0 aliphatic rings. The van der Waals surface area contributed by atoms with Gasteiger partial charge >= 0.3 is 17.4 Å². The number of hydrogen-bond acceptors (Lipinski definition) is 6. The quantitative estimate of drug-likeness (QED) is 0.147. The fraction of sp³-hybridized carbons (Fsp3) is 0. The number of ether oxygens (including phenoxy) is 3. The molecule has 225 valence electrons. The molecule has 7 heteroatoms. The molecule has 0 bridgehead atoms. The molecule has 0 atom stereocenters. The molecule has 0 aliphatic carbocycles. The second kappa shape index (κ2) is 19.5. The van der Waals surface area contributed by atoms with Crippen molar-refractivity contribution in [2.45, 2.75) is 0 Å². The molecule has 0 unspecified atom stereocenters. The standard InChI is InChI=1S/3C13H9O2.Cr/c3*14-10-11-6-4-5-9-13(11)15-12-7-2-1-3-8-12;/h3*1-9H;/q3*-1;+3. The van der Waals surface area contributed by atoms with Crippen LogP contribution in [0.3, 0.4) is 0 Å². The third-order valence-electron chi connectivity index (χ3n) is 5.90. The van der Waals surface area contributed by atoms with Gasteiger partial charge in [0.25, 0.3) is 0 Å². The van der Waals surface area contributed by atoms with E-state index in [-0.39, 0.29) is 17.4 Å². The molecule has 0 saturated heterocycles. The van der Waals surface area contributed by atoms with E-state index in [1.165, 1.54) is 0 Å². The summed E-state index contributed by atoms with van der Waals surface area (Å²) in [6.45, 7) is 0. The summed E-state index contributed by atoms with van der Waals surface area (Å²) >= 11 is 0. The second-order valence-corrected chi connectivity index (χ2v) is 9.04. The molecule has 6 aromatic rings. The van der Waals surface area contributed by atoms with E-state index in [1.54, 1.807) is 54.6 Å². The SMILES string of the molecule is O=[C-]c1ccccc1Oc1ccccc1.O=[C-]c1ccccc1Oc1ccccc1.O=[C-]c1ccccc1Oc1ccccc1.[Cr+3]. The van der Waals surface area contributed by atoms with Crippen LogP contribution in [0.2, 0.25) is 0 Å². The number of benzene rings is 6. The summed E-state index contributed by atoms with van der Waals surface area (Å²) in [7, 11) is 0. The summed E-state index contributed by atoms with van der Waals surface area (Å²) in [5.41, 5.74) is 1.30. The first-order valence-electron chi connectivity index (χ1n) is 13.8. The smallest absolute Gasteiger partial charge is 0.516 e. The average Bonchev–Trinajstić information content (AvgIpc) is 3.11. The van der Waals surface area contributed by atoms with Crippen molar-refractivity contribution in [2.24, 2.45) is 0 Å². The predicted molar refractivity (Wildman–Crippen MR) is 173 cm³/mol. The normalized spacial score (nSPS) is 9.39. The van der Waals surface area contributed by atoms with E-state index in [0.29, 0.717) is 51.2 Å². The van der Waals surface area contributed by atoms with E-state index in [1.807, 2.05) is 128 Å². The number of carbonyl (C=O) groups excluding carboxylic acids is 3. The van der Waals surface area contributed by atoms with Crippen LogP contribution in [0.4, 0.5) is 0 Å². The van der Waals surface area contributed by atoms with Crippen molar-refractivity contribution in [3.8, 4) is 34.5 Å². The summed E-state index contributed by atoms with van der Waals surface area (Å²) in [6.07, 6.45) is 5.52. The van der Waals surface area contributed by atoms with Crippen LogP contribution in [0, 0.1) is 0 Å². The van der Waals surface area contributed by atoms with Crippen LogP contribution in [0.1, 0.15) is 16.7 Å². The van der Waals surface area contributed by atoms with Gasteiger partial charge in [-0.25, -0.2) is 0 Å². The largest absolute Gasteiger partial charge is 3.00 e. The van der Waals surface area contributed by atoms with Gasteiger partial charge in [0.05, 0.1) is 18.9 Å². The maximum atomic E-state index is 10.6. The van der Waals surface area contributed by atoms with Crippen molar-refractivity contribution in [3.63, 3.8) is 0 Å². The van der Waals surface area contributed by atoms with Gasteiger partial charge in [0, 0.05) is 17.2 Å². The molecule has 1 radical (unpaired) electrons. The first-order valence-corrected chi connectivity index (χ1v) is 13.8. The van der Waals surface area contributed by atoms with Crippen molar-refractivity contribution < 1.29 is 46.0 Å². The van der Waals surface area contributed by atoms with E-state index in [2.05, 4.69) is 0 Å². The zero-order valence-corrected chi connectivity index (χ0v) is 25.7. The van der Waals surface area contributed by atoms with Crippen molar-refractivity contribution in [2.75, 3.05) is 0 Å². The van der Waals surface area contributed by atoms with Gasteiger partial charge < -0.3 is 28.6 Å². The predicted octanol–water partition coefficient (Wildman–Crippen LogP) is 8.81. The fourth-order valence-corrected chi connectivity index (χ4v) is 3.77. The van der Waals surface area contributed by atoms with Gasteiger partial charge in [-0.3, -0.25) is 0 Å². The second-order valence-electron chi connectivity index (χ2n) is 9.04. The van der Waals surface area contributed by atoms with Gasteiger partial charge in [-0.2, -0.15) is 18.2 Å². The van der Waals surface area contributed by atoms with Crippen LogP contribution in [0.5, 0.6) is 34.5 Å². The number of para-hydroxylation sites is 6. The molecule has 0 amide bonds. The third-order valence-corrected chi connectivity index (χ3v) is 5.90. The monoisotopic (exact) mass is 643 g/mol. The molecular formula is C39H27CrO6. The van der Waals surface area contributed by atoms with Crippen LogP contribution in [-0.4, -0.2) is 18.9 Å². The number of rotatable bonds is 9. The Balaban J connectivity index is 0.000000186. The summed E-state index contributed by atoms with van der Waals surface area (Å²) in [5, 5.41) is 0. The Morgan fingerprint density at radius 1 is 0.304 bits per heavy atom. The summed E-state index contributed by atoms with van der Waals surface area (Å²) in [4.78, 5) is 31.8. The van der Waals surface area contributed by atoms with Gasteiger partial charge in [-0.15, -0.1) is 34.9 Å². The Kier molecular flexibility index (Phi) is 14.7. The first kappa shape index (κ1) is 34.7. The van der Waals surface area contributed by atoms with Crippen molar-refractivity contribution in [1.82, 2.24) is 0 Å². The maximum absolute atomic E-state index is 10.6. The number of hydrogen-bond donors (Lipinski definition) is 0. The van der Waals surface area contributed by atoms with E-state index >= 15 is 0 Å². The summed E-state index contributed by atoms with van der Waals surface area (Å²) in [6, 6.07) is 49.0. The molecule has 46 heavy (non-hydrogen) atoms. The Morgan fingerprint density at radius 2 is 0.522 bits per heavy atom. The minimum atomic E-state index is 0. The van der Waals surface area contributed by atoms with Crippen molar-refractivity contribution in [3.05, 3.63) is 180 Å². The molecule has 0 spiro atoms. The molecule has 0 aromatic heterocycles. The topological polar surface area (TPSA) is 78.9 Å². The van der Waals surface area contributed by atoms with Gasteiger partial charge in [0.2, 0.25) is 0 Å². The van der Waals surface area contributed by atoms with Crippen LogP contribution in [0.25, 0.3) is 0 Å². The van der Waals surface area contributed by atoms with E-state index < -0.39 is 0 Å². The molecule has 0 N–H and O–H groups in total. The van der Waals surface area contributed by atoms with E-state index in [9.17, 15) is 14.4 Å². The van der Waals surface area contributed by atoms with Gasteiger partial charge in [0.1, 0.15) is 17.2 Å². The van der Waals surface area contributed by atoms with Gasteiger partial charge in [0.15, 0.2) is 0 Å². The molecule has 6 aromatic carbocycles. The summed E-state index contributed by atoms with van der Waals surface area (Å²) < 4.78 is 16.6. The zero-order valence-electron chi connectivity index (χ0n) is 24.4. The molecule has 0 aliphatic heterocycles. The maximum Gasteiger partial charge on any atom is 3.00 e. The Bertz CT molecular complexity index is 1570. The first-order chi connectivity index (χ1) is 22.2. The van der Waals surface area contributed by atoms with Gasteiger partial charge in [-0.05, 0) is 36.4 Å². The third kappa shape index (κ3) is 11.1. The minimum absolute atomic E-state index is 0. The molecule has 6 nitrogen and oxygen atoms in total. The minimum Gasteiger partial charge on any atom is -0.516 e. The van der Waals surface area contributed by atoms with Gasteiger partial charge in [-0.1, -0.05) is 91.0 Å². The molecule has 0 heterocycles.